The number of alkyl carbamates (subject to hydrolysis) is 1. The molecule has 100 valence electrons. The number of Topliss-reactive ketones (excluding diaryl/α,β-unsaturated/α-hetero) is 1. The Morgan fingerprint density at radius 1 is 1.24 bits per heavy atom. The van der Waals surface area contributed by atoms with E-state index in [4.69, 9.17) is 4.74 Å². The van der Waals surface area contributed by atoms with E-state index in [1.807, 2.05) is 13.8 Å². The number of ketones is 1. The van der Waals surface area contributed by atoms with E-state index in [2.05, 4.69) is 10.1 Å². The molecule has 1 N–H and O–H groups in total. The van der Waals surface area contributed by atoms with Crippen LogP contribution < -0.4 is 5.32 Å². The molecule has 0 spiro atoms. The predicted octanol–water partition coefficient (Wildman–Crippen LogP) is 1.75. The van der Waals surface area contributed by atoms with Crippen LogP contribution >= 0.6 is 0 Å². The fourth-order valence-corrected chi connectivity index (χ4v) is 1.64. The predicted molar refractivity (Wildman–Crippen MR) is 64.9 cm³/mol. The molecule has 1 unspecified atom stereocenters. The number of rotatable bonds is 8. The van der Waals surface area contributed by atoms with Crippen molar-refractivity contribution in [1.29, 1.82) is 0 Å². The first-order valence-corrected chi connectivity index (χ1v) is 5.93. The van der Waals surface area contributed by atoms with Gasteiger partial charge in [-0.3, -0.25) is 4.79 Å². The fraction of sp³-hybridized carbons (Fsp3) is 0.833. The first-order valence-electron chi connectivity index (χ1n) is 5.93. The first kappa shape index (κ1) is 15.9. The highest BCUT2D eigenvalue weighted by Crippen LogP contribution is 2.11. The topological polar surface area (TPSA) is 64.6 Å². The smallest absolute Gasteiger partial charge is 0.407 e. The molecule has 5 heteroatoms. The molecule has 0 fully saturated rings. The minimum absolute atomic E-state index is 0.0364. The molecule has 0 saturated heterocycles. The number of carbonyl (C=O) groups is 2. The van der Waals surface area contributed by atoms with E-state index < -0.39 is 12.1 Å². The highest BCUT2D eigenvalue weighted by Gasteiger charge is 2.24. The molecule has 0 rings (SSSR count). The van der Waals surface area contributed by atoms with Gasteiger partial charge >= 0.3 is 6.09 Å². The van der Waals surface area contributed by atoms with Gasteiger partial charge in [-0.2, -0.15) is 0 Å². The lowest BCUT2D eigenvalue weighted by Gasteiger charge is -2.20. The average Bonchev–Trinajstić information content (AvgIpc) is 2.33. The van der Waals surface area contributed by atoms with E-state index in [-0.39, 0.29) is 11.7 Å². The van der Waals surface area contributed by atoms with Crippen molar-refractivity contribution in [1.82, 2.24) is 5.32 Å². The third kappa shape index (κ3) is 6.26. The summed E-state index contributed by atoms with van der Waals surface area (Å²) in [6.45, 7) is 4.34. The number of hydrogen-bond acceptors (Lipinski definition) is 4. The zero-order chi connectivity index (χ0) is 13.3. The Morgan fingerprint density at radius 2 is 1.88 bits per heavy atom. The zero-order valence-electron chi connectivity index (χ0n) is 11.1. The molecule has 2 atom stereocenters. The minimum Gasteiger partial charge on any atom is -0.453 e. The molecule has 0 aliphatic carbocycles. The molecular weight excluding hydrogens is 222 g/mol. The summed E-state index contributed by atoms with van der Waals surface area (Å²) in [7, 11) is 2.85. The Bertz CT molecular complexity index is 243. The lowest BCUT2D eigenvalue weighted by atomic mass is 9.94. The number of methoxy groups -OCH3 is 2. The second kappa shape index (κ2) is 8.98. The summed E-state index contributed by atoms with van der Waals surface area (Å²) in [6, 6.07) is -0.524. The van der Waals surface area contributed by atoms with Crippen LogP contribution in [0.2, 0.25) is 0 Å². The van der Waals surface area contributed by atoms with Crippen molar-refractivity contribution in [2.45, 2.75) is 39.2 Å². The van der Waals surface area contributed by atoms with Crippen LogP contribution in [0, 0.1) is 5.92 Å². The lowest BCUT2D eigenvalue weighted by molar-refractivity contribution is -0.125. The van der Waals surface area contributed by atoms with Crippen LogP contribution in [0.5, 0.6) is 0 Å². The van der Waals surface area contributed by atoms with Gasteiger partial charge in [-0.1, -0.05) is 20.3 Å². The fourth-order valence-electron chi connectivity index (χ4n) is 1.64. The highest BCUT2D eigenvalue weighted by atomic mass is 16.5. The van der Waals surface area contributed by atoms with Crippen LogP contribution in [-0.4, -0.2) is 38.7 Å². The van der Waals surface area contributed by atoms with Gasteiger partial charge in [-0.25, -0.2) is 4.79 Å². The van der Waals surface area contributed by atoms with Crippen LogP contribution in [-0.2, 0) is 14.3 Å². The maximum Gasteiger partial charge on any atom is 0.407 e. The van der Waals surface area contributed by atoms with E-state index in [0.29, 0.717) is 13.0 Å². The van der Waals surface area contributed by atoms with Crippen molar-refractivity contribution in [2.24, 2.45) is 5.92 Å². The second-order valence-electron chi connectivity index (χ2n) is 4.06. The Balaban J connectivity index is 4.43. The van der Waals surface area contributed by atoms with Crippen molar-refractivity contribution in [2.75, 3.05) is 20.8 Å². The Morgan fingerprint density at radius 3 is 2.35 bits per heavy atom. The number of amides is 1. The minimum atomic E-state index is -0.580. The Hall–Kier alpha value is -1.10. The van der Waals surface area contributed by atoms with Gasteiger partial charge in [0.15, 0.2) is 5.78 Å². The summed E-state index contributed by atoms with van der Waals surface area (Å²) >= 11 is 0. The number of nitrogens with one attached hydrogen (secondary N) is 1. The summed E-state index contributed by atoms with van der Waals surface area (Å²) in [5.41, 5.74) is 0. The third-order valence-corrected chi connectivity index (χ3v) is 2.64. The van der Waals surface area contributed by atoms with Gasteiger partial charge < -0.3 is 14.8 Å². The van der Waals surface area contributed by atoms with Crippen LogP contribution in [0.3, 0.4) is 0 Å². The van der Waals surface area contributed by atoms with Crippen LogP contribution in [0.25, 0.3) is 0 Å². The number of ether oxygens (including phenoxy) is 2. The van der Waals surface area contributed by atoms with Crippen molar-refractivity contribution in [3.8, 4) is 0 Å². The molecule has 0 aromatic rings. The van der Waals surface area contributed by atoms with E-state index in [1.165, 1.54) is 7.11 Å². The van der Waals surface area contributed by atoms with Gasteiger partial charge in [-0.05, 0) is 12.8 Å². The summed E-state index contributed by atoms with van der Waals surface area (Å²) < 4.78 is 9.44. The SMILES string of the molecule is CCCC(C)C(=O)[C@@H](CCOC)NC(=O)OC. The summed E-state index contributed by atoms with van der Waals surface area (Å²) in [5, 5.41) is 2.55. The Labute approximate surface area is 103 Å². The number of carbonyl (C=O) groups excluding carboxylic acids is 2. The molecule has 1 amide bonds. The van der Waals surface area contributed by atoms with Crippen molar-refractivity contribution in [3.05, 3.63) is 0 Å². The van der Waals surface area contributed by atoms with Crippen molar-refractivity contribution in [3.63, 3.8) is 0 Å². The molecule has 0 aromatic carbocycles. The third-order valence-electron chi connectivity index (χ3n) is 2.64. The van der Waals surface area contributed by atoms with E-state index in [0.717, 1.165) is 12.8 Å². The Kier molecular flexibility index (Phi) is 8.40. The molecule has 17 heavy (non-hydrogen) atoms. The van der Waals surface area contributed by atoms with E-state index in [1.54, 1.807) is 7.11 Å². The molecule has 0 saturated carbocycles. The lowest BCUT2D eigenvalue weighted by Crippen LogP contribution is -2.43. The summed E-state index contributed by atoms with van der Waals surface area (Å²) in [4.78, 5) is 23.2. The molecule has 0 heterocycles. The van der Waals surface area contributed by atoms with Crippen LogP contribution in [0.1, 0.15) is 33.1 Å². The normalized spacial score (nSPS) is 13.9. The van der Waals surface area contributed by atoms with E-state index in [9.17, 15) is 9.59 Å². The van der Waals surface area contributed by atoms with Crippen LogP contribution in [0.4, 0.5) is 4.79 Å². The van der Waals surface area contributed by atoms with Gasteiger partial charge in [0.25, 0.3) is 0 Å². The molecular formula is C12H23NO4. The molecule has 5 nitrogen and oxygen atoms in total. The average molecular weight is 245 g/mol. The monoisotopic (exact) mass is 245 g/mol. The zero-order valence-corrected chi connectivity index (χ0v) is 11.1. The first-order chi connectivity index (χ1) is 8.06. The molecule has 0 aliphatic heterocycles. The summed E-state index contributed by atoms with van der Waals surface area (Å²) in [5.74, 6) is -0.0201. The van der Waals surface area contributed by atoms with Gasteiger partial charge in [0.05, 0.1) is 13.2 Å². The van der Waals surface area contributed by atoms with Crippen molar-refractivity contribution < 1.29 is 19.1 Å². The van der Waals surface area contributed by atoms with Gasteiger partial charge in [-0.15, -0.1) is 0 Å². The maximum absolute atomic E-state index is 12.1. The largest absolute Gasteiger partial charge is 0.453 e. The van der Waals surface area contributed by atoms with Crippen LogP contribution in [0.15, 0.2) is 0 Å². The number of hydrogen-bond donors (Lipinski definition) is 1. The van der Waals surface area contributed by atoms with Gasteiger partial charge in [0, 0.05) is 19.6 Å². The maximum atomic E-state index is 12.1. The molecule has 0 bridgehead atoms. The standard InChI is InChI=1S/C12H23NO4/c1-5-6-9(2)11(14)10(7-8-16-3)13-12(15)17-4/h9-10H,5-8H2,1-4H3,(H,13,15)/t9?,10-/m1/s1. The van der Waals surface area contributed by atoms with Crippen molar-refractivity contribution >= 4 is 11.9 Å². The van der Waals surface area contributed by atoms with Gasteiger partial charge in [0.1, 0.15) is 0 Å². The molecule has 0 radical (unpaired) electrons. The summed E-state index contributed by atoms with van der Waals surface area (Å²) in [6.07, 6.45) is 1.66. The molecule has 0 aromatic heterocycles. The second-order valence-corrected chi connectivity index (χ2v) is 4.06. The quantitative estimate of drug-likeness (QED) is 0.707. The van der Waals surface area contributed by atoms with Gasteiger partial charge in [0.2, 0.25) is 0 Å². The molecule has 0 aliphatic rings. The highest BCUT2D eigenvalue weighted by molar-refractivity contribution is 5.88. The van der Waals surface area contributed by atoms with E-state index >= 15 is 0 Å².